The summed E-state index contributed by atoms with van der Waals surface area (Å²) in [6.07, 6.45) is 0. The topological polar surface area (TPSA) is 25.8 Å². The van der Waals surface area contributed by atoms with Crippen LogP contribution in [0.3, 0.4) is 0 Å². The number of hydrogen-bond donors (Lipinski definition) is 0. The molecule has 0 bridgehead atoms. The third-order valence-corrected chi connectivity index (χ3v) is 2.99. The molecule has 1 aromatic carbocycles. The molecule has 0 saturated carbocycles. The molecule has 0 radical (unpaired) electrons. The quantitative estimate of drug-likeness (QED) is 0.546. The summed E-state index contributed by atoms with van der Waals surface area (Å²) >= 11 is 7.90. The number of halogens is 2. The number of fused-ring (bicyclic) bond motifs is 1. The minimum absolute atomic E-state index is 0. The molecule has 6 heteroatoms. The van der Waals surface area contributed by atoms with Crippen molar-refractivity contribution in [3.8, 4) is 0 Å². The van der Waals surface area contributed by atoms with Gasteiger partial charge in [-0.2, -0.15) is 16.5 Å². The third kappa shape index (κ3) is 1.79. The van der Waals surface area contributed by atoms with Gasteiger partial charge in [0.1, 0.15) is 0 Å². The average Bonchev–Trinajstić information content (AvgIpc) is 2.45. The van der Waals surface area contributed by atoms with Gasteiger partial charge < -0.3 is 0 Å². The van der Waals surface area contributed by atoms with Gasteiger partial charge in [0.2, 0.25) is 0 Å². The average molecular weight is 477 g/mol. The molecule has 0 saturated heterocycles. The zero-order valence-corrected chi connectivity index (χ0v) is 12.5. The number of nitrogens with zero attached hydrogens (tertiary/aromatic N) is 2. The molecule has 2 rings (SSSR count). The predicted molar refractivity (Wildman–Crippen MR) is 51.7 cm³/mol. The van der Waals surface area contributed by atoms with E-state index in [-0.39, 0.29) is 21.1 Å². The van der Waals surface area contributed by atoms with Crippen molar-refractivity contribution in [1.29, 1.82) is 0 Å². The molecule has 0 atom stereocenters. The molecule has 2 nitrogen and oxygen atoms in total. The standard InChI is InChI=1S/C6HBr2N2S.W/c7-3-1-2-4(8)6-5(3)9-11-10-6;/h1H;/q-1;. The fraction of sp³-hybridized carbons (Fsp3) is 0. The second-order valence-electron chi connectivity index (χ2n) is 1.91. The zero-order valence-electron chi connectivity index (χ0n) is 5.54. The predicted octanol–water partition coefficient (Wildman–Crippen LogP) is 3.01. The first-order chi connectivity index (χ1) is 5.29. The SMILES string of the molecule is Brc1[c-]cc(Br)c2nsnc12.[W]. The summed E-state index contributed by atoms with van der Waals surface area (Å²) in [5.41, 5.74) is 1.75. The van der Waals surface area contributed by atoms with E-state index in [0.717, 1.165) is 20.0 Å². The van der Waals surface area contributed by atoms with E-state index in [0.29, 0.717) is 0 Å². The first-order valence-electron chi connectivity index (χ1n) is 2.77. The number of benzene rings is 1. The summed E-state index contributed by atoms with van der Waals surface area (Å²) in [6, 6.07) is 4.83. The van der Waals surface area contributed by atoms with Crippen LogP contribution >= 0.6 is 43.6 Å². The summed E-state index contributed by atoms with van der Waals surface area (Å²) in [7, 11) is 0. The molecule has 12 heavy (non-hydrogen) atoms. The van der Waals surface area contributed by atoms with Crippen LogP contribution in [0, 0.1) is 6.07 Å². The first kappa shape index (κ1) is 10.8. The monoisotopic (exact) mass is 475 g/mol. The second kappa shape index (κ2) is 4.27. The normalized spacial score (nSPS) is 9.83. The Morgan fingerprint density at radius 2 is 1.92 bits per heavy atom. The maximum absolute atomic E-state index is 4.11. The molecule has 0 fully saturated rings. The summed E-state index contributed by atoms with van der Waals surface area (Å²) < 4.78 is 10.0. The van der Waals surface area contributed by atoms with Crippen molar-refractivity contribution in [3.63, 3.8) is 0 Å². The van der Waals surface area contributed by atoms with Crippen molar-refractivity contribution in [3.05, 3.63) is 21.1 Å². The molecule has 0 amide bonds. The van der Waals surface area contributed by atoms with Crippen LogP contribution in [0.1, 0.15) is 0 Å². The zero-order chi connectivity index (χ0) is 7.84. The minimum Gasteiger partial charge on any atom is -0.239 e. The van der Waals surface area contributed by atoms with Gasteiger partial charge in [0.15, 0.2) is 0 Å². The Hall–Kier alpha value is 0.688. The van der Waals surface area contributed by atoms with E-state index in [1.807, 2.05) is 6.07 Å². The van der Waals surface area contributed by atoms with Crippen molar-refractivity contribution in [2.24, 2.45) is 0 Å². The smallest absolute Gasteiger partial charge is 0.0534 e. The van der Waals surface area contributed by atoms with Crippen LogP contribution in [0.5, 0.6) is 0 Å². The van der Waals surface area contributed by atoms with Crippen LogP contribution in [0.4, 0.5) is 0 Å². The molecule has 1 heterocycles. The molecule has 62 valence electrons. The van der Waals surface area contributed by atoms with Crippen molar-refractivity contribution in [1.82, 2.24) is 8.75 Å². The fourth-order valence-corrected chi connectivity index (χ4v) is 2.34. The number of rotatable bonds is 0. The van der Waals surface area contributed by atoms with Crippen molar-refractivity contribution >= 4 is 54.6 Å². The summed E-state index contributed by atoms with van der Waals surface area (Å²) in [5, 5.41) is 0. The fourth-order valence-electron chi connectivity index (χ4n) is 0.753. The van der Waals surface area contributed by atoms with Crippen LogP contribution in [-0.2, 0) is 21.1 Å². The molecular weight excluding hydrogens is 476 g/mol. The van der Waals surface area contributed by atoms with Crippen LogP contribution in [-0.4, -0.2) is 8.75 Å². The van der Waals surface area contributed by atoms with Crippen molar-refractivity contribution in [2.75, 3.05) is 0 Å². The Morgan fingerprint density at radius 3 is 2.58 bits per heavy atom. The summed E-state index contributed by atoms with van der Waals surface area (Å²) in [5.74, 6) is 0. The Balaban J connectivity index is 0.000000720. The van der Waals surface area contributed by atoms with Crippen LogP contribution in [0.2, 0.25) is 0 Å². The summed E-state index contributed by atoms with van der Waals surface area (Å²) in [4.78, 5) is 0. The van der Waals surface area contributed by atoms with Gasteiger partial charge in [-0.1, -0.05) is 24.9 Å². The van der Waals surface area contributed by atoms with Crippen LogP contribution in [0.25, 0.3) is 11.0 Å². The molecule has 0 aliphatic rings. The van der Waals surface area contributed by atoms with E-state index in [1.165, 1.54) is 11.7 Å². The number of aromatic nitrogens is 2. The Bertz CT molecular complexity index is 367. The molecule has 0 unspecified atom stereocenters. The maximum atomic E-state index is 4.11. The largest absolute Gasteiger partial charge is 0.239 e. The number of hydrogen-bond acceptors (Lipinski definition) is 3. The summed E-state index contributed by atoms with van der Waals surface area (Å²) in [6.45, 7) is 0. The van der Waals surface area contributed by atoms with E-state index in [2.05, 4.69) is 46.7 Å². The Labute approximate surface area is 105 Å². The van der Waals surface area contributed by atoms with Gasteiger partial charge >= 0.3 is 0 Å². The molecule has 0 aliphatic heterocycles. The molecule has 0 aliphatic carbocycles. The maximum Gasteiger partial charge on any atom is 0.0534 e. The van der Waals surface area contributed by atoms with E-state index >= 15 is 0 Å². The van der Waals surface area contributed by atoms with Gasteiger partial charge in [0.25, 0.3) is 0 Å². The Kier molecular flexibility index (Phi) is 3.83. The van der Waals surface area contributed by atoms with Gasteiger partial charge in [-0.05, 0) is 0 Å². The molecule has 1 aromatic heterocycles. The third-order valence-electron chi connectivity index (χ3n) is 1.25. The van der Waals surface area contributed by atoms with Gasteiger partial charge in [-0.15, -0.1) is 15.9 Å². The molecule has 0 N–H and O–H groups in total. The molecular formula is C6HBr2N2SW-. The van der Waals surface area contributed by atoms with Crippen molar-refractivity contribution in [2.45, 2.75) is 0 Å². The van der Waals surface area contributed by atoms with E-state index in [1.54, 1.807) is 0 Å². The van der Waals surface area contributed by atoms with E-state index in [9.17, 15) is 0 Å². The molecule has 0 spiro atoms. The van der Waals surface area contributed by atoms with Gasteiger partial charge in [-0.25, -0.2) is 4.37 Å². The van der Waals surface area contributed by atoms with E-state index in [4.69, 9.17) is 0 Å². The first-order valence-corrected chi connectivity index (χ1v) is 5.08. The molecule has 2 aromatic rings. The van der Waals surface area contributed by atoms with Gasteiger partial charge in [0, 0.05) is 32.1 Å². The Morgan fingerprint density at radius 1 is 1.25 bits per heavy atom. The van der Waals surface area contributed by atoms with Crippen molar-refractivity contribution < 1.29 is 21.1 Å². The minimum atomic E-state index is 0. The second-order valence-corrected chi connectivity index (χ2v) is 4.09. The van der Waals surface area contributed by atoms with Gasteiger partial charge in [0.05, 0.1) is 11.7 Å². The van der Waals surface area contributed by atoms with E-state index < -0.39 is 0 Å². The van der Waals surface area contributed by atoms with Crippen LogP contribution < -0.4 is 0 Å². The van der Waals surface area contributed by atoms with Crippen LogP contribution in [0.15, 0.2) is 15.0 Å². The van der Waals surface area contributed by atoms with Gasteiger partial charge in [-0.3, -0.25) is 0 Å².